The number of ether oxygens (including phenoxy) is 1. The van der Waals surface area contributed by atoms with Crippen LogP contribution in [-0.4, -0.2) is 43.9 Å². The van der Waals surface area contributed by atoms with Gasteiger partial charge in [0.1, 0.15) is 0 Å². The van der Waals surface area contributed by atoms with Crippen LogP contribution >= 0.6 is 11.6 Å². The van der Waals surface area contributed by atoms with Crippen molar-refractivity contribution in [2.75, 3.05) is 30.4 Å². The number of nitrogens with zero attached hydrogens (tertiary/aromatic N) is 1. The molecule has 3 rings (SSSR count). The molecule has 0 aliphatic carbocycles. The van der Waals surface area contributed by atoms with Crippen molar-refractivity contribution >= 4 is 46.7 Å². The SMILES string of the molecule is Cc1c(Cl)cccc1NC(=O)CNC(=O)COC(=O)c1ccccc1C(=O)N(C)c1ccccc1. The Balaban J connectivity index is 1.55. The second-order valence-electron chi connectivity index (χ2n) is 7.56. The number of hydrogen-bond donors (Lipinski definition) is 2. The Morgan fingerprint density at radius 1 is 0.857 bits per heavy atom. The Hall–Kier alpha value is -4.17. The van der Waals surface area contributed by atoms with Crippen molar-refractivity contribution in [3.8, 4) is 0 Å². The monoisotopic (exact) mass is 493 g/mol. The van der Waals surface area contributed by atoms with Crippen LogP contribution in [-0.2, 0) is 14.3 Å². The van der Waals surface area contributed by atoms with E-state index in [2.05, 4.69) is 10.6 Å². The van der Waals surface area contributed by atoms with E-state index in [0.29, 0.717) is 22.0 Å². The molecular formula is C26H24ClN3O5. The first-order valence-corrected chi connectivity index (χ1v) is 11.1. The zero-order chi connectivity index (χ0) is 25.4. The first-order valence-electron chi connectivity index (χ1n) is 10.7. The summed E-state index contributed by atoms with van der Waals surface area (Å²) in [5, 5.41) is 5.54. The van der Waals surface area contributed by atoms with Crippen LogP contribution in [0.5, 0.6) is 0 Å². The van der Waals surface area contributed by atoms with Crippen LogP contribution in [0, 0.1) is 6.92 Å². The fourth-order valence-electron chi connectivity index (χ4n) is 3.17. The molecule has 0 bridgehead atoms. The van der Waals surface area contributed by atoms with E-state index in [9.17, 15) is 19.2 Å². The molecule has 0 radical (unpaired) electrons. The normalized spacial score (nSPS) is 10.3. The van der Waals surface area contributed by atoms with Crippen molar-refractivity contribution in [1.29, 1.82) is 0 Å². The summed E-state index contributed by atoms with van der Waals surface area (Å²) in [4.78, 5) is 51.2. The van der Waals surface area contributed by atoms with Gasteiger partial charge in [0, 0.05) is 23.4 Å². The van der Waals surface area contributed by atoms with Gasteiger partial charge in [0.2, 0.25) is 5.91 Å². The molecule has 0 aromatic heterocycles. The van der Waals surface area contributed by atoms with Crippen LogP contribution in [0.1, 0.15) is 26.3 Å². The summed E-state index contributed by atoms with van der Waals surface area (Å²) in [5.74, 6) is -2.36. The summed E-state index contributed by atoms with van der Waals surface area (Å²) in [6.45, 7) is 0.828. The number of hydrogen-bond acceptors (Lipinski definition) is 5. The van der Waals surface area contributed by atoms with Crippen molar-refractivity contribution in [2.24, 2.45) is 0 Å². The van der Waals surface area contributed by atoms with Crippen molar-refractivity contribution < 1.29 is 23.9 Å². The van der Waals surface area contributed by atoms with Gasteiger partial charge in [-0.3, -0.25) is 14.4 Å². The number of nitrogens with one attached hydrogen (secondary N) is 2. The van der Waals surface area contributed by atoms with Gasteiger partial charge in [-0.2, -0.15) is 0 Å². The maximum Gasteiger partial charge on any atom is 0.339 e. The number of para-hydroxylation sites is 1. The second kappa shape index (κ2) is 11.8. The van der Waals surface area contributed by atoms with Crippen molar-refractivity contribution in [3.63, 3.8) is 0 Å². The first kappa shape index (κ1) is 25.5. The number of carbonyl (C=O) groups excluding carboxylic acids is 4. The quantitative estimate of drug-likeness (QED) is 0.464. The summed E-state index contributed by atoms with van der Waals surface area (Å²) in [7, 11) is 1.60. The summed E-state index contributed by atoms with van der Waals surface area (Å²) in [6.07, 6.45) is 0. The molecule has 0 spiro atoms. The van der Waals surface area contributed by atoms with Crippen LogP contribution in [0.3, 0.4) is 0 Å². The van der Waals surface area contributed by atoms with Crippen LogP contribution < -0.4 is 15.5 Å². The largest absolute Gasteiger partial charge is 0.452 e. The van der Waals surface area contributed by atoms with Crippen molar-refractivity contribution in [1.82, 2.24) is 5.32 Å². The maximum atomic E-state index is 13.0. The predicted molar refractivity (Wildman–Crippen MR) is 134 cm³/mol. The standard InChI is InChI=1S/C26H24ClN3O5/c1-17-21(27)13-8-14-22(17)29-23(31)15-28-24(32)16-35-26(34)20-12-7-6-11-19(20)25(33)30(2)18-9-4-3-5-10-18/h3-14H,15-16H2,1-2H3,(H,28,32)(H,29,31). The molecule has 0 saturated heterocycles. The average molecular weight is 494 g/mol. The second-order valence-corrected chi connectivity index (χ2v) is 7.97. The Morgan fingerprint density at radius 3 is 2.23 bits per heavy atom. The van der Waals surface area contributed by atoms with E-state index in [-0.39, 0.29) is 17.7 Å². The molecule has 9 heteroatoms. The van der Waals surface area contributed by atoms with Gasteiger partial charge >= 0.3 is 5.97 Å². The number of esters is 1. The lowest BCUT2D eigenvalue weighted by Gasteiger charge is -2.18. The molecular weight excluding hydrogens is 470 g/mol. The third-order valence-corrected chi connectivity index (χ3v) is 5.56. The Kier molecular flexibility index (Phi) is 8.58. The third-order valence-electron chi connectivity index (χ3n) is 5.15. The predicted octanol–water partition coefficient (Wildman–Crippen LogP) is 3.84. The van der Waals surface area contributed by atoms with Gasteiger partial charge in [0.05, 0.1) is 17.7 Å². The highest BCUT2D eigenvalue weighted by Crippen LogP contribution is 2.22. The Labute approximate surface area is 207 Å². The molecule has 0 fully saturated rings. The van der Waals surface area contributed by atoms with Crippen LogP contribution in [0.25, 0.3) is 0 Å². The minimum Gasteiger partial charge on any atom is -0.452 e. The van der Waals surface area contributed by atoms with Gasteiger partial charge in [-0.05, 0) is 48.9 Å². The zero-order valence-corrected chi connectivity index (χ0v) is 20.0. The van der Waals surface area contributed by atoms with Crippen LogP contribution in [0.15, 0.2) is 72.8 Å². The first-order chi connectivity index (χ1) is 16.8. The van der Waals surface area contributed by atoms with Crippen LogP contribution in [0.4, 0.5) is 11.4 Å². The summed E-state index contributed by atoms with van der Waals surface area (Å²) in [5.41, 5.74) is 2.06. The molecule has 0 aliphatic heterocycles. The highest BCUT2D eigenvalue weighted by molar-refractivity contribution is 6.31. The third kappa shape index (κ3) is 6.68. The van der Waals surface area contributed by atoms with E-state index in [4.69, 9.17) is 16.3 Å². The number of halogens is 1. The molecule has 0 unspecified atom stereocenters. The van der Waals surface area contributed by atoms with E-state index in [1.807, 2.05) is 6.07 Å². The highest BCUT2D eigenvalue weighted by Gasteiger charge is 2.22. The topological polar surface area (TPSA) is 105 Å². The van der Waals surface area contributed by atoms with Gasteiger partial charge in [0.25, 0.3) is 11.8 Å². The van der Waals surface area contributed by atoms with E-state index in [1.165, 1.54) is 17.0 Å². The van der Waals surface area contributed by atoms with Gasteiger partial charge in [-0.25, -0.2) is 4.79 Å². The Morgan fingerprint density at radius 2 is 1.51 bits per heavy atom. The number of carbonyl (C=O) groups is 4. The average Bonchev–Trinajstić information content (AvgIpc) is 2.88. The van der Waals surface area contributed by atoms with Gasteiger partial charge < -0.3 is 20.3 Å². The van der Waals surface area contributed by atoms with Crippen molar-refractivity contribution in [2.45, 2.75) is 6.92 Å². The lowest BCUT2D eigenvalue weighted by molar-refractivity contribution is -0.126. The highest BCUT2D eigenvalue weighted by atomic mass is 35.5. The molecule has 0 aliphatic rings. The molecule has 0 atom stereocenters. The van der Waals surface area contributed by atoms with Gasteiger partial charge in [-0.15, -0.1) is 0 Å². The number of rotatable bonds is 8. The molecule has 3 aromatic rings. The fraction of sp³-hybridized carbons (Fsp3) is 0.154. The minimum atomic E-state index is -0.829. The van der Waals surface area contributed by atoms with Gasteiger partial charge in [-0.1, -0.05) is 48.0 Å². The van der Waals surface area contributed by atoms with Crippen molar-refractivity contribution in [3.05, 3.63) is 94.5 Å². The maximum absolute atomic E-state index is 13.0. The lowest BCUT2D eigenvalue weighted by Crippen LogP contribution is -2.36. The number of anilines is 2. The summed E-state index contributed by atoms with van der Waals surface area (Å²) in [6, 6.07) is 20.3. The molecule has 3 aromatic carbocycles. The number of amides is 3. The molecule has 3 amide bonds. The molecule has 180 valence electrons. The molecule has 0 heterocycles. The zero-order valence-electron chi connectivity index (χ0n) is 19.2. The minimum absolute atomic E-state index is 0.0299. The number of benzene rings is 3. The van der Waals surface area contributed by atoms with Gasteiger partial charge in [0.15, 0.2) is 6.61 Å². The van der Waals surface area contributed by atoms with Crippen LogP contribution in [0.2, 0.25) is 5.02 Å². The molecule has 35 heavy (non-hydrogen) atoms. The lowest BCUT2D eigenvalue weighted by atomic mass is 10.1. The van der Waals surface area contributed by atoms with E-state index >= 15 is 0 Å². The molecule has 0 saturated carbocycles. The van der Waals surface area contributed by atoms with E-state index < -0.39 is 30.3 Å². The Bertz CT molecular complexity index is 1250. The molecule has 2 N–H and O–H groups in total. The smallest absolute Gasteiger partial charge is 0.339 e. The molecule has 8 nitrogen and oxygen atoms in total. The fourth-order valence-corrected chi connectivity index (χ4v) is 3.35. The van der Waals surface area contributed by atoms with E-state index in [0.717, 1.165) is 0 Å². The summed E-state index contributed by atoms with van der Waals surface area (Å²) >= 11 is 6.03. The van der Waals surface area contributed by atoms with E-state index in [1.54, 1.807) is 68.6 Å². The summed E-state index contributed by atoms with van der Waals surface area (Å²) < 4.78 is 5.08.